The van der Waals surface area contributed by atoms with E-state index in [2.05, 4.69) is 29.6 Å². The number of hydrogen-bond donors (Lipinski definition) is 2. The van der Waals surface area contributed by atoms with E-state index >= 15 is 0 Å². The summed E-state index contributed by atoms with van der Waals surface area (Å²) >= 11 is 0. The maximum atomic E-state index is 12.0. The fourth-order valence-corrected chi connectivity index (χ4v) is 2.90. The molecule has 0 fully saturated rings. The molecule has 0 heterocycles. The fourth-order valence-electron chi connectivity index (χ4n) is 2.90. The Labute approximate surface area is 151 Å². The Morgan fingerprint density at radius 1 is 1.04 bits per heavy atom. The minimum Gasteiger partial charge on any atom is -0.481 e. The number of aliphatic carboxylic acids is 1. The minimum absolute atomic E-state index is 0.0383. The molecule has 140 valence electrons. The third-order valence-electron chi connectivity index (χ3n) is 4.08. The highest BCUT2D eigenvalue weighted by Gasteiger charge is 2.16. The Morgan fingerprint density at radius 3 is 2.32 bits per heavy atom. The molecular weight excluding hydrogens is 316 g/mol. The van der Waals surface area contributed by atoms with Crippen LogP contribution < -0.4 is 5.32 Å². The lowest BCUT2D eigenvalue weighted by Crippen LogP contribution is -2.42. The van der Waals surface area contributed by atoms with Gasteiger partial charge in [0, 0.05) is 13.0 Å². The number of carboxylic acids is 1. The number of carbonyl (C=O) groups excluding carboxylic acids is 1. The third kappa shape index (κ3) is 11.3. The summed E-state index contributed by atoms with van der Waals surface area (Å²) in [4.78, 5) is 24.7. The van der Waals surface area contributed by atoms with E-state index in [4.69, 9.17) is 5.11 Å². The Kier molecular flexibility index (Phi) is 10.6. The monoisotopic (exact) mass is 348 g/mol. The van der Waals surface area contributed by atoms with Gasteiger partial charge in [-0.2, -0.15) is 0 Å². The Balaban J connectivity index is 2.09. The number of nitrogens with zero attached hydrogens (tertiary/aromatic N) is 1. The molecule has 0 bridgehead atoms. The quantitative estimate of drug-likeness (QED) is 0.538. The molecule has 1 amide bonds. The van der Waals surface area contributed by atoms with E-state index in [1.54, 1.807) is 0 Å². The molecular formula is C20H32N2O3. The van der Waals surface area contributed by atoms with Crippen LogP contribution in [0.15, 0.2) is 30.3 Å². The highest BCUT2D eigenvalue weighted by atomic mass is 16.4. The van der Waals surface area contributed by atoms with Crippen LogP contribution in [0, 0.1) is 0 Å². The summed E-state index contributed by atoms with van der Waals surface area (Å²) < 4.78 is 0. The molecule has 0 aromatic heterocycles. The molecule has 0 unspecified atom stereocenters. The number of hydrogen-bond acceptors (Lipinski definition) is 3. The van der Waals surface area contributed by atoms with Crippen molar-refractivity contribution in [2.24, 2.45) is 0 Å². The van der Waals surface area contributed by atoms with Crippen molar-refractivity contribution in [2.75, 3.05) is 20.6 Å². The Bertz CT molecular complexity index is 503. The number of benzene rings is 1. The first kappa shape index (κ1) is 21.2. The second kappa shape index (κ2) is 12.5. The lowest BCUT2D eigenvalue weighted by molar-refractivity contribution is -0.137. The number of carbonyl (C=O) groups is 2. The van der Waals surface area contributed by atoms with Gasteiger partial charge in [0.1, 0.15) is 0 Å². The Hall–Kier alpha value is -1.88. The molecule has 2 N–H and O–H groups in total. The zero-order valence-corrected chi connectivity index (χ0v) is 15.5. The molecule has 1 rings (SSSR count). The molecule has 5 nitrogen and oxygen atoms in total. The SMILES string of the molecule is CN(C)C[C@@H](CC(=O)O)NC(=O)CCCCCCCc1ccccc1. The molecule has 0 spiro atoms. The van der Waals surface area contributed by atoms with Crippen molar-refractivity contribution in [1.82, 2.24) is 10.2 Å². The van der Waals surface area contributed by atoms with Crippen LogP contribution in [0.3, 0.4) is 0 Å². The van der Waals surface area contributed by atoms with Crippen LogP contribution in [-0.4, -0.2) is 48.6 Å². The van der Waals surface area contributed by atoms with Crippen LogP contribution in [-0.2, 0) is 16.0 Å². The number of nitrogens with one attached hydrogen (secondary N) is 1. The molecule has 1 aromatic rings. The molecule has 0 aliphatic heterocycles. The van der Waals surface area contributed by atoms with Gasteiger partial charge in [-0.1, -0.05) is 49.6 Å². The highest BCUT2D eigenvalue weighted by Crippen LogP contribution is 2.10. The van der Waals surface area contributed by atoms with Gasteiger partial charge in [-0.05, 0) is 38.9 Å². The maximum Gasteiger partial charge on any atom is 0.305 e. The fraction of sp³-hybridized carbons (Fsp3) is 0.600. The second-order valence-electron chi connectivity index (χ2n) is 6.88. The van der Waals surface area contributed by atoms with Crippen LogP contribution in [0.25, 0.3) is 0 Å². The molecule has 0 aliphatic carbocycles. The first-order valence-corrected chi connectivity index (χ1v) is 9.17. The van der Waals surface area contributed by atoms with Crippen molar-refractivity contribution in [3.05, 3.63) is 35.9 Å². The predicted molar refractivity (Wildman–Crippen MR) is 101 cm³/mol. The highest BCUT2D eigenvalue weighted by molar-refractivity contribution is 5.77. The van der Waals surface area contributed by atoms with Crippen molar-refractivity contribution in [1.29, 1.82) is 0 Å². The van der Waals surface area contributed by atoms with E-state index in [0.717, 1.165) is 25.7 Å². The summed E-state index contributed by atoms with van der Waals surface area (Å²) in [6.07, 6.45) is 6.95. The van der Waals surface area contributed by atoms with E-state index in [1.807, 2.05) is 25.1 Å². The summed E-state index contributed by atoms with van der Waals surface area (Å²) in [5.41, 5.74) is 1.38. The first-order valence-electron chi connectivity index (χ1n) is 9.17. The van der Waals surface area contributed by atoms with Gasteiger partial charge in [0.15, 0.2) is 0 Å². The van der Waals surface area contributed by atoms with Gasteiger partial charge in [-0.3, -0.25) is 9.59 Å². The normalized spacial score (nSPS) is 12.1. The summed E-state index contributed by atoms with van der Waals surface area (Å²) in [7, 11) is 3.74. The molecule has 25 heavy (non-hydrogen) atoms. The number of aryl methyl sites for hydroxylation is 1. The average molecular weight is 348 g/mol. The first-order chi connectivity index (χ1) is 12.0. The minimum atomic E-state index is -0.884. The summed E-state index contributed by atoms with van der Waals surface area (Å²) in [6, 6.07) is 10.2. The topological polar surface area (TPSA) is 69.6 Å². The van der Waals surface area contributed by atoms with Crippen molar-refractivity contribution in [2.45, 2.75) is 57.4 Å². The third-order valence-corrected chi connectivity index (χ3v) is 4.08. The number of rotatable bonds is 13. The summed E-state index contributed by atoms with van der Waals surface area (Å²) in [5, 5.41) is 11.8. The van der Waals surface area contributed by atoms with Crippen LogP contribution in [0.5, 0.6) is 0 Å². The number of likely N-dealkylation sites (N-methyl/N-ethyl adjacent to an activating group) is 1. The summed E-state index contributed by atoms with van der Waals surface area (Å²) in [6.45, 7) is 0.539. The number of unbranched alkanes of at least 4 members (excludes halogenated alkanes) is 4. The van der Waals surface area contributed by atoms with E-state index in [0.29, 0.717) is 13.0 Å². The molecule has 5 heteroatoms. The predicted octanol–water partition coefficient (Wildman–Crippen LogP) is 3.09. The molecule has 1 aromatic carbocycles. The lowest BCUT2D eigenvalue weighted by atomic mass is 10.0. The largest absolute Gasteiger partial charge is 0.481 e. The van der Waals surface area contributed by atoms with E-state index < -0.39 is 5.97 Å². The zero-order valence-electron chi connectivity index (χ0n) is 15.5. The smallest absolute Gasteiger partial charge is 0.305 e. The molecule has 0 aliphatic rings. The van der Waals surface area contributed by atoms with Gasteiger partial charge in [-0.25, -0.2) is 0 Å². The van der Waals surface area contributed by atoms with Crippen molar-refractivity contribution >= 4 is 11.9 Å². The maximum absolute atomic E-state index is 12.0. The van der Waals surface area contributed by atoms with Crippen LogP contribution >= 0.6 is 0 Å². The van der Waals surface area contributed by atoms with Crippen LogP contribution in [0.2, 0.25) is 0 Å². The van der Waals surface area contributed by atoms with Gasteiger partial charge in [0.05, 0.1) is 12.5 Å². The van der Waals surface area contributed by atoms with Crippen molar-refractivity contribution in [3.63, 3.8) is 0 Å². The molecule has 0 radical (unpaired) electrons. The van der Waals surface area contributed by atoms with Gasteiger partial charge in [0.25, 0.3) is 0 Å². The standard InChI is InChI=1S/C20H32N2O3/c1-22(2)16-18(15-20(24)25)21-19(23)14-10-5-3-4-7-11-17-12-8-6-9-13-17/h6,8-9,12-13,18H,3-5,7,10-11,14-16H2,1-2H3,(H,21,23)(H,24,25)/t18-/m1/s1. The zero-order chi connectivity index (χ0) is 18.5. The second-order valence-corrected chi connectivity index (χ2v) is 6.88. The number of carboxylic acid groups (broad SMARTS) is 1. The van der Waals surface area contributed by atoms with Crippen molar-refractivity contribution < 1.29 is 14.7 Å². The van der Waals surface area contributed by atoms with Gasteiger partial charge >= 0.3 is 5.97 Å². The number of amides is 1. The average Bonchev–Trinajstić information content (AvgIpc) is 2.53. The molecule has 0 saturated carbocycles. The van der Waals surface area contributed by atoms with Gasteiger partial charge in [-0.15, -0.1) is 0 Å². The summed E-state index contributed by atoms with van der Waals surface area (Å²) in [5.74, 6) is -0.928. The molecule has 1 atom stereocenters. The van der Waals surface area contributed by atoms with Gasteiger partial charge < -0.3 is 15.3 Å². The molecule has 0 saturated heterocycles. The van der Waals surface area contributed by atoms with E-state index in [9.17, 15) is 9.59 Å². The van der Waals surface area contributed by atoms with Gasteiger partial charge in [0.2, 0.25) is 5.91 Å². The lowest BCUT2D eigenvalue weighted by Gasteiger charge is -2.20. The van der Waals surface area contributed by atoms with E-state index in [1.165, 1.54) is 18.4 Å². The van der Waals surface area contributed by atoms with E-state index in [-0.39, 0.29) is 18.4 Å². The Morgan fingerprint density at radius 2 is 1.68 bits per heavy atom. The van der Waals surface area contributed by atoms with Crippen molar-refractivity contribution in [3.8, 4) is 0 Å². The van der Waals surface area contributed by atoms with Crippen LogP contribution in [0.4, 0.5) is 0 Å². The van der Waals surface area contributed by atoms with Crippen LogP contribution in [0.1, 0.15) is 50.5 Å².